The van der Waals surface area contributed by atoms with Crippen molar-refractivity contribution in [1.29, 1.82) is 0 Å². The summed E-state index contributed by atoms with van der Waals surface area (Å²) in [5, 5.41) is 1.10. The molecule has 0 aromatic heterocycles. The lowest BCUT2D eigenvalue weighted by Crippen LogP contribution is -2.24. The average molecular weight is 336 g/mol. The van der Waals surface area contributed by atoms with Gasteiger partial charge in [0.25, 0.3) is 0 Å². The van der Waals surface area contributed by atoms with Crippen molar-refractivity contribution in [3.8, 4) is 0 Å². The Hall–Kier alpha value is -1.26. The van der Waals surface area contributed by atoms with E-state index in [0.717, 1.165) is 0 Å². The number of rotatable bonds is 5. The molecule has 2 nitrogen and oxygen atoms in total. The fraction of sp³-hybridized carbons (Fsp3) is 0.333. The van der Waals surface area contributed by atoms with Gasteiger partial charge in [-0.15, -0.1) is 0 Å². The topological polar surface area (TPSA) is 34.1 Å². The lowest BCUT2D eigenvalue weighted by molar-refractivity contribution is 0.596. The monoisotopic (exact) mass is 335 g/mol. The molecule has 118 valence electrons. The molecule has 2 aromatic rings. The number of benzene rings is 2. The number of hydrogen-bond acceptors (Lipinski definition) is 2. The number of sulfone groups is 1. The van der Waals surface area contributed by atoms with E-state index in [4.69, 9.17) is 0 Å². The van der Waals surface area contributed by atoms with E-state index >= 15 is 0 Å². The van der Waals surface area contributed by atoms with Crippen LogP contribution in [-0.2, 0) is 20.7 Å². The van der Waals surface area contributed by atoms with Crippen LogP contribution in [0.1, 0.15) is 27.7 Å². The third-order valence-corrected chi connectivity index (χ3v) is 8.11. The van der Waals surface area contributed by atoms with Crippen LogP contribution in [0.2, 0.25) is 0 Å². The van der Waals surface area contributed by atoms with Crippen LogP contribution in [0.4, 0.5) is 0 Å². The minimum atomic E-state index is -3.42. The fourth-order valence-corrected chi connectivity index (χ4v) is 6.51. The Balaban J connectivity index is 2.37. The lowest BCUT2D eigenvalue weighted by atomic mass is 10.4. The molecule has 0 N–H and O–H groups in total. The molecule has 0 bridgehead atoms. The van der Waals surface area contributed by atoms with Crippen molar-refractivity contribution in [2.24, 2.45) is 0 Å². The molecule has 22 heavy (non-hydrogen) atoms. The molecule has 0 unspecified atom stereocenters. The Morgan fingerprint density at radius 1 is 0.727 bits per heavy atom. The van der Waals surface area contributed by atoms with Crippen molar-refractivity contribution in [2.45, 2.75) is 52.9 Å². The summed E-state index contributed by atoms with van der Waals surface area (Å²) >= 11 is 0. The van der Waals surface area contributed by atoms with Crippen LogP contribution in [0.5, 0.6) is 0 Å². The van der Waals surface area contributed by atoms with E-state index in [9.17, 15) is 8.42 Å². The first-order valence-electron chi connectivity index (χ1n) is 7.46. The Bertz CT molecular complexity index is 695. The molecule has 0 atom stereocenters. The van der Waals surface area contributed by atoms with Gasteiger partial charge < -0.3 is 0 Å². The molecule has 0 aliphatic carbocycles. The summed E-state index contributed by atoms with van der Waals surface area (Å²) in [6.45, 7) is 8.88. The van der Waals surface area contributed by atoms with Gasteiger partial charge in [0.2, 0.25) is 9.84 Å². The Morgan fingerprint density at radius 2 is 1.18 bits per heavy atom. The minimum Gasteiger partial charge on any atom is -0.219 e. The van der Waals surface area contributed by atoms with Crippen molar-refractivity contribution in [2.75, 3.05) is 0 Å². The molecule has 0 aliphatic rings. The summed E-state index contributed by atoms with van der Waals surface area (Å²) < 4.78 is 25.2. The molecule has 2 aromatic carbocycles. The molecule has 0 aliphatic heterocycles. The second kappa shape index (κ2) is 6.88. The lowest BCUT2D eigenvalue weighted by Gasteiger charge is -2.15. The van der Waals surface area contributed by atoms with Gasteiger partial charge >= 0.3 is 0 Å². The highest BCUT2D eigenvalue weighted by molar-refractivity contribution is 7.98. The van der Waals surface area contributed by atoms with Crippen LogP contribution < -0.4 is 0 Å². The quantitative estimate of drug-likeness (QED) is 0.763. The predicted molar refractivity (Wildman–Crippen MR) is 94.2 cm³/mol. The maximum absolute atomic E-state index is 12.6. The van der Waals surface area contributed by atoms with Gasteiger partial charge in [-0.05, 0) is 64.1 Å². The zero-order chi connectivity index (χ0) is 16.3. The Kier molecular flexibility index (Phi) is 5.35. The third kappa shape index (κ3) is 3.55. The molecular formula is C18H23O2S2+. The maximum Gasteiger partial charge on any atom is 0.206 e. The van der Waals surface area contributed by atoms with Gasteiger partial charge in [-0.25, -0.2) is 8.42 Å². The van der Waals surface area contributed by atoms with E-state index in [1.54, 1.807) is 36.4 Å². The zero-order valence-corrected chi connectivity index (χ0v) is 15.1. The van der Waals surface area contributed by atoms with Gasteiger partial charge in [0.1, 0.15) is 10.5 Å². The standard InChI is InChI=1S/C18H23O2S2/c1-14(2)21(15(3)4)16-10-12-18(13-11-16)22(19,20)17-8-6-5-7-9-17/h5-15H,1-4H3/q+1. The molecule has 0 fully saturated rings. The van der Waals surface area contributed by atoms with Gasteiger partial charge in [0.15, 0.2) is 4.90 Å². The summed E-state index contributed by atoms with van der Waals surface area (Å²) in [6, 6.07) is 16.0. The summed E-state index contributed by atoms with van der Waals surface area (Å²) in [5.41, 5.74) is 0. The SMILES string of the molecule is CC(C)[S+](c1ccc(S(=O)(=O)c2ccccc2)cc1)C(C)C. The summed E-state index contributed by atoms with van der Waals surface area (Å²) in [4.78, 5) is 1.94. The first kappa shape index (κ1) is 17.1. The zero-order valence-electron chi connectivity index (χ0n) is 13.5. The first-order valence-corrected chi connectivity index (χ1v) is 10.3. The largest absolute Gasteiger partial charge is 0.219 e. The van der Waals surface area contributed by atoms with Crippen molar-refractivity contribution < 1.29 is 8.42 Å². The van der Waals surface area contributed by atoms with Gasteiger partial charge in [-0.1, -0.05) is 18.2 Å². The predicted octanol–water partition coefficient (Wildman–Crippen LogP) is 4.31. The summed E-state index contributed by atoms with van der Waals surface area (Å²) in [6.07, 6.45) is 0. The van der Waals surface area contributed by atoms with Gasteiger partial charge in [-0.3, -0.25) is 0 Å². The molecule has 0 amide bonds. The first-order chi connectivity index (χ1) is 10.3. The van der Waals surface area contributed by atoms with Gasteiger partial charge in [0.05, 0.1) is 9.79 Å². The summed E-state index contributed by atoms with van der Waals surface area (Å²) in [5.74, 6) is 0. The molecule has 4 heteroatoms. The van der Waals surface area contributed by atoms with E-state index in [2.05, 4.69) is 27.7 Å². The highest BCUT2D eigenvalue weighted by Gasteiger charge is 2.30. The highest BCUT2D eigenvalue weighted by atomic mass is 32.2. The smallest absolute Gasteiger partial charge is 0.206 e. The Labute approximate surface area is 136 Å². The molecule has 0 saturated carbocycles. The van der Waals surface area contributed by atoms with Crippen LogP contribution in [0.15, 0.2) is 69.3 Å². The van der Waals surface area contributed by atoms with Crippen molar-refractivity contribution in [1.82, 2.24) is 0 Å². The van der Waals surface area contributed by atoms with E-state index in [-0.39, 0.29) is 10.9 Å². The van der Waals surface area contributed by atoms with Gasteiger partial charge in [-0.2, -0.15) is 0 Å². The second-order valence-corrected chi connectivity index (χ2v) is 10.8. The Morgan fingerprint density at radius 3 is 1.64 bits per heavy atom. The maximum atomic E-state index is 12.6. The van der Waals surface area contributed by atoms with E-state index in [1.807, 2.05) is 18.2 Å². The number of hydrogen-bond donors (Lipinski definition) is 0. The van der Waals surface area contributed by atoms with E-state index < -0.39 is 9.84 Å². The minimum absolute atomic E-state index is 0.134. The van der Waals surface area contributed by atoms with Crippen LogP contribution in [0.25, 0.3) is 0 Å². The molecular weight excluding hydrogens is 312 g/mol. The molecule has 0 radical (unpaired) electrons. The van der Waals surface area contributed by atoms with Crippen LogP contribution in [-0.4, -0.2) is 18.9 Å². The van der Waals surface area contributed by atoms with Crippen LogP contribution in [0, 0.1) is 0 Å². The fourth-order valence-electron chi connectivity index (χ4n) is 2.60. The third-order valence-electron chi connectivity index (χ3n) is 3.48. The van der Waals surface area contributed by atoms with Crippen molar-refractivity contribution in [3.63, 3.8) is 0 Å². The van der Waals surface area contributed by atoms with Crippen LogP contribution in [0.3, 0.4) is 0 Å². The normalized spacial score (nSPS) is 12.3. The molecule has 2 rings (SSSR count). The van der Waals surface area contributed by atoms with E-state index in [0.29, 0.717) is 20.3 Å². The molecule has 0 saturated heterocycles. The van der Waals surface area contributed by atoms with Crippen LogP contribution >= 0.6 is 0 Å². The van der Waals surface area contributed by atoms with Crippen molar-refractivity contribution in [3.05, 3.63) is 54.6 Å². The summed E-state index contributed by atoms with van der Waals surface area (Å²) in [7, 11) is -3.28. The average Bonchev–Trinajstić information content (AvgIpc) is 2.48. The van der Waals surface area contributed by atoms with Crippen molar-refractivity contribution >= 4 is 20.7 Å². The highest BCUT2D eigenvalue weighted by Crippen LogP contribution is 2.26. The molecule has 0 spiro atoms. The van der Waals surface area contributed by atoms with Gasteiger partial charge in [0, 0.05) is 10.9 Å². The molecule has 0 heterocycles. The second-order valence-electron chi connectivity index (χ2n) is 5.76. The van der Waals surface area contributed by atoms with E-state index in [1.165, 1.54) is 4.90 Å².